The van der Waals surface area contributed by atoms with Gasteiger partial charge in [0.1, 0.15) is 18.0 Å². The van der Waals surface area contributed by atoms with Gasteiger partial charge in [-0.2, -0.15) is 0 Å². The Balaban J connectivity index is 2.19. The van der Waals surface area contributed by atoms with Crippen molar-refractivity contribution >= 4 is 11.4 Å². The zero-order valence-electron chi connectivity index (χ0n) is 11.9. The minimum atomic E-state index is -0.481. The molecule has 0 heterocycles. The van der Waals surface area contributed by atoms with E-state index in [2.05, 4.69) is 5.43 Å². The van der Waals surface area contributed by atoms with Crippen molar-refractivity contribution < 1.29 is 9.66 Å². The fourth-order valence-corrected chi connectivity index (χ4v) is 2.13. The number of benzene rings is 2. The average molecular weight is 287 g/mol. The molecule has 0 aliphatic heterocycles. The van der Waals surface area contributed by atoms with E-state index >= 15 is 0 Å². The van der Waals surface area contributed by atoms with Crippen molar-refractivity contribution in [1.82, 2.24) is 0 Å². The summed E-state index contributed by atoms with van der Waals surface area (Å²) >= 11 is 0. The van der Waals surface area contributed by atoms with Gasteiger partial charge in [-0.3, -0.25) is 16.0 Å². The topological polar surface area (TPSA) is 90.4 Å². The van der Waals surface area contributed by atoms with Gasteiger partial charge in [-0.05, 0) is 42.7 Å². The summed E-state index contributed by atoms with van der Waals surface area (Å²) in [5.41, 5.74) is 5.45. The van der Waals surface area contributed by atoms with Crippen LogP contribution in [0.4, 0.5) is 11.4 Å². The third-order valence-electron chi connectivity index (χ3n) is 3.21. The molecule has 0 spiro atoms. The third kappa shape index (κ3) is 3.29. The van der Waals surface area contributed by atoms with Gasteiger partial charge in [-0.15, -0.1) is 0 Å². The quantitative estimate of drug-likeness (QED) is 0.501. The van der Waals surface area contributed by atoms with Gasteiger partial charge in [0.15, 0.2) is 0 Å². The van der Waals surface area contributed by atoms with Crippen molar-refractivity contribution in [1.29, 1.82) is 0 Å². The molecule has 110 valence electrons. The van der Waals surface area contributed by atoms with E-state index in [-0.39, 0.29) is 11.4 Å². The van der Waals surface area contributed by atoms with Crippen molar-refractivity contribution in [2.24, 2.45) is 5.84 Å². The highest BCUT2D eigenvalue weighted by Gasteiger charge is 2.13. The minimum Gasteiger partial charge on any atom is -0.488 e. The number of nitrogens with one attached hydrogen (secondary N) is 1. The van der Waals surface area contributed by atoms with Crippen LogP contribution in [-0.2, 0) is 6.61 Å². The van der Waals surface area contributed by atoms with Crippen LogP contribution in [0.5, 0.6) is 5.75 Å². The number of hydrogen-bond donors (Lipinski definition) is 2. The lowest BCUT2D eigenvalue weighted by Crippen LogP contribution is -2.10. The summed E-state index contributed by atoms with van der Waals surface area (Å²) in [5, 5.41) is 10.8. The van der Waals surface area contributed by atoms with E-state index in [0.717, 1.165) is 22.4 Å². The highest BCUT2D eigenvalue weighted by Crippen LogP contribution is 2.27. The number of nitrogen functional groups attached to an aromatic ring is 1. The van der Waals surface area contributed by atoms with Gasteiger partial charge in [0.2, 0.25) is 0 Å². The maximum atomic E-state index is 10.8. The highest BCUT2D eigenvalue weighted by atomic mass is 16.6. The molecule has 3 N–H and O–H groups in total. The Kier molecular flexibility index (Phi) is 4.39. The fraction of sp³-hybridized carbons (Fsp3) is 0.200. The Bertz CT molecular complexity index is 651. The van der Waals surface area contributed by atoms with Gasteiger partial charge in [0, 0.05) is 6.07 Å². The second kappa shape index (κ2) is 6.23. The molecule has 21 heavy (non-hydrogen) atoms. The van der Waals surface area contributed by atoms with Gasteiger partial charge in [-0.25, -0.2) is 0 Å². The molecule has 0 atom stereocenters. The van der Waals surface area contributed by atoms with E-state index < -0.39 is 4.92 Å². The predicted molar refractivity (Wildman–Crippen MR) is 81.2 cm³/mol. The lowest BCUT2D eigenvalue weighted by Gasteiger charge is -2.12. The van der Waals surface area contributed by atoms with Crippen molar-refractivity contribution in [3.05, 3.63) is 63.2 Å². The number of hydrogen-bond acceptors (Lipinski definition) is 5. The molecular formula is C15H17N3O3. The van der Waals surface area contributed by atoms with E-state index in [0.29, 0.717) is 6.61 Å². The summed E-state index contributed by atoms with van der Waals surface area (Å²) < 4.78 is 5.82. The molecule has 0 radical (unpaired) electrons. The van der Waals surface area contributed by atoms with Crippen LogP contribution in [0.15, 0.2) is 36.4 Å². The standard InChI is InChI=1S/C15H17N3O3/c1-10-4-3-5-11(2)15(10)21-9-12-6-7-14(18(19)20)13(8-12)17-16/h3-8,17H,9,16H2,1-2H3. The van der Waals surface area contributed by atoms with Crippen LogP contribution in [0.2, 0.25) is 0 Å². The first-order valence-corrected chi connectivity index (χ1v) is 6.46. The first kappa shape index (κ1) is 14.8. The Labute approximate surface area is 122 Å². The Morgan fingerprint density at radius 2 is 1.90 bits per heavy atom. The summed E-state index contributed by atoms with van der Waals surface area (Å²) in [6.07, 6.45) is 0. The van der Waals surface area contributed by atoms with E-state index in [1.54, 1.807) is 12.1 Å². The van der Waals surface area contributed by atoms with Gasteiger partial charge in [-0.1, -0.05) is 18.2 Å². The fourth-order valence-electron chi connectivity index (χ4n) is 2.13. The zero-order valence-corrected chi connectivity index (χ0v) is 11.9. The van der Waals surface area contributed by atoms with Gasteiger partial charge < -0.3 is 10.2 Å². The van der Waals surface area contributed by atoms with Crippen molar-refractivity contribution in [2.75, 3.05) is 5.43 Å². The largest absolute Gasteiger partial charge is 0.488 e. The summed E-state index contributed by atoms with van der Waals surface area (Å²) in [4.78, 5) is 10.4. The van der Waals surface area contributed by atoms with Gasteiger partial charge >= 0.3 is 0 Å². The maximum absolute atomic E-state index is 10.8. The summed E-state index contributed by atoms with van der Waals surface area (Å²) in [5.74, 6) is 6.15. The molecule has 0 bridgehead atoms. The lowest BCUT2D eigenvalue weighted by atomic mass is 10.1. The molecule has 0 amide bonds. The van der Waals surface area contributed by atoms with Crippen molar-refractivity contribution in [2.45, 2.75) is 20.5 Å². The minimum absolute atomic E-state index is 0.0617. The zero-order chi connectivity index (χ0) is 15.4. The molecule has 0 saturated heterocycles. The Morgan fingerprint density at radius 1 is 1.24 bits per heavy atom. The Morgan fingerprint density at radius 3 is 2.48 bits per heavy atom. The second-order valence-electron chi connectivity index (χ2n) is 4.76. The highest BCUT2D eigenvalue weighted by molar-refractivity contribution is 5.62. The molecule has 0 aliphatic carbocycles. The Hall–Kier alpha value is -2.60. The average Bonchev–Trinajstić information content (AvgIpc) is 2.46. The molecular weight excluding hydrogens is 270 g/mol. The molecule has 0 aromatic heterocycles. The SMILES string of the molecule is Cc1cccc(C)c1OCc1ccc([N+](=O)[O-])c(NN)c1. The van der Waals surface area contributed by atoms with E-state index in [1.165, 1.54) is 6.07 Å². The van der Waals surface area contributed by atoms with Gasteiger partial charge in [0.05, 0.1) is 4.92 Å². The molecule has 0 unspecified atom stereocenters. The van der Waals surface area contributed by atoms with Crippen LogP contribution in [0.3, 0.4) is 0 Å². The number of nitro benzene ring substituents is 1. The number of para-hydroxylation sites is 1. The lowest BCUT2D eigenvalue weighted by molar-refractivity contribution is -0.384. The number of rotatable bonds is 5. The predicted octanol–water partition coefficient (Wildman–Crippen LogP) is 3.08. The second-order valence-corrected chi connectivity index (χ2v) is 4.76. The molecule has 0 fully saturated rings. The van der Waals surface area contributed by atoms with E-state index in [1.807, 2.05) is 32.0 Å². The van der Waals surface area contributed by atoms with Crippen LogP contribution in [0.25, 0.3) is 0 Å². The number of nitrogens with zero attached hydrogens (tertiary/aromatic N) is 1. The third-order valence-corrected chi connectivity index (χ3v) is 3.21. The summed E-state index contributed by atoms with van der Waals surface area (Å²) in [6.45, 7) is 4.27. The molecule has 2 aromatic rings. The smallest absolute Gasteiger partial charge is 0.293 e. The van der Waals surface area contributed by atoms with Crippen LogP contribution < -0.4 is 16.0 Å². The molecule has 2 rings (SSSR count). The van der Waals surface area contributed by atoms with Gasteiger partial charge in [0.25, 0.3) is 5.69 Å². The molecule has 2 aromatic carbocycles. The number of nitro groups is 1. The number of hydrazine groups is 1. The van der Waals surface area contributed by atoms with E-state index in [4.69, 9.17) is 10.6 Å². The molecule has 0 aliphatic rings. The monoisotopic (exact) mass is 287 g/mol. The summed E-state index contributed by atoms with van der Waals surface area (Å²) in [6, 6.07) is 10.6. The molecule has 6 nitrogen and oxygen atoms in total. The number of anilines is 1. The maximum Gasteiger partial charge on any atom is 0.293 e. The number of ether oxygens (including phenoxy) is 1. The molecule has 6 heteroatoms. The van der Waals surface area contributed by atoms with E-state index in [9.17, 15) is 10.1 Å². The normalized spacial score (nSPS) is 10.2. The van der Waals surface area contributed by atoms with Crippen LogP contribution in [-0.4, -0.2) is 4.92 Å². The first-order valence-electron chi connectivity index (χ1n) is 6.46. The molecule has 0 saturated carbocycles. The van der Waals surface area contributed by atoms with Crippen LogP contribution in [0, 0.1) is 24.0 Å². The number of aryl methyl sites for hydroxylation is 2. The number of nitrogens with two attached hydrogens (primary N) is 1. The van der Waals surface area contributed by atoms with Crippen LogP contribution >= 0.6 is 0 Å². The summed E-state index contributed by atoms with van der Waals surface area (Å²) in [7, 11) is 0. The van der Waals surface area contributed by atoms with Crippen molar-refractivity contribution in [3.63, 3.8) is 0 Å². The van der Waals surface area contributed by atoms with Crippen molar-refractivity contribution in [3.8, 4) is 5.75 Å². The van der Waals surface area contributed by atoms with Crippen LogP contribution in [0.1, 0.15) is 16.7 Å². The first-order chi connectivity index (χ1) is 10.0.